The largest absolute Gasteiger partial charge is 0.493 e. The van der Waals surface area contributed by atoms with Crippen LogP contribution in [-0.4, -0.2) is 29.3 Å². The summed E-state index contributed by atoms with van der Waals surface area (Å²) in [5, 5.41) is 1.94. The number of carbonyl (C=O) groups excluding carboxylic acids is 2. The average Bonchev–Trinajstić information content (AvgIpc) is 3.01. The first-order chi connectivity index (χ1) is 14.9. The quantitative estimate of drug-likeness (QED) is 0.455. The summed E-state index contributed by atoms with van der Waals surface area (Å²) in [5.41, 5.74) is 1.68. The predicted octanol–water partition coefficient (Wildman–Crippen LogP) is 5.87. The van der Waals surface area contributed by atoms with E-state index in [0.717, 1.165) is 33.7 Å². The Labute approximate surface area is 185 Å². The molecule has 0 radical (unpaired) electrons. The molecule has 0 unspecified atom stereocenters. The minimum atomic E-state index is -0.287. The molecule has 0 N–H and O–H groups in total. The normalized spacial score (nSPS) is 15.4. The third kappa shape index (κ3) is 4.59. The average molecular weight is 434 g/mol. The van der Waals surface area contributed by atoms with Crippen molar-refractivity contribution in [2.45, 2.75) is 26.5 Å². The topological polar surface area (TPSA) is 55.8 Å². The summed E-state index contributed by atoms with van der Waals surface area (Å²) in [6.07, 6.45) is 1.74. The zero-order chi connectivity index (χ0) is 22.0. The van der Waals surface area contributed by atoms with E-state index in [1.165, 1.54) is 4.90 Å². The van der Waals surface area contributed by atoms with Crippen molar-refractivity contribution < 1.29 is 19.1 Å². The van der Waals surface area contributed by atoms with Gasteiger partial charge < -0.3 is 9.47 Å². The molecule has 3 aromatic rings. The number of hydrogen-bond acceptors (Lipinski definition) is 5. The summed E-state index contributed by atoms with van der Waals surface area (Å²) in [7, 11) is 1.57. The molecule has 0 saturated carbocycles. The molecule has 0 spiro atoms. The molecule has 4 rings (SSSR count). The van der Waals surface area contributed by atoms with Gasteiger partial charge in [0.25, 0.3) is 11.1 Å². The summed E-state index contributed by atoms with van der Waals surface area (Å²) in [4.78, 5) is 27.1. The highest BCUT2D eigenvalue weighted by molar-refractivity contribution is 8.18. The maximum absolute atomic E-state index is 12.9. The van der Waals surface area contributed by atoms with Gasteiger partial charge in [0.1, 0.15) is 0 Å². The molecular weight excluding hydrogens is 410 g/mol. The standard InChI is InChI=1S/C25H23NO4S/c1-16(2)30-21-11-9-17(13-22(21)29-3)14-23-24(27)26(25(28)31-23)15-18-8-10-19-6-4-5-7-20(19)12-18/h4-14,16H,15H2,1-3H3/b23-14-. The number of ether oxygens (including phenoxy) is 2. The van der Waals surface area contributed by atoms with E-state index in [1.54, 1.807) is 19.3 Å². The summed E-state index contributed by atoms with van der Waals surface area (Å²) in [5.74, 6) is 0.932. The number of carbonyl (C=O) groups is 2. The van der Waals surface area contributed by atoms with Gasteiger partial charge in [-0.05, 0) is 71.8 Å². The zero-order valence-electron chi connectivity index (χ0n) is 17.6. The van der Waals surface area contributed by atoms with Crippen LogP contribution in [0.15, 0.2) is 65.6 Å². The zero-order valence-corrected chi connectivity index (χ0v) is 18.4. The molecule has 1 aliphatic heterocycles. The Balaban J connectivity index is 1.55. The summed E-state index contributed by atoms with van der Waals surface area (Å²) >= 11 is 0.954. The van der Waals surface area contributed by atoms with E-state index in [9.17, 15) is 9.59 Å². The van der Waals surface area contributed by atoms with Crippen molar-refractivity contribution in [1.82, 2.24) is 4.90 Å². The molecule has 0 bridgehead atoms. The second-order valence-electron chi connectivity index (χ2n) is 7.53. The molecule has 2 amide bonds. The highest BCUT2D eigenvalue weighted by Gasteiger charge is 2.35. The van der Waals surface area contributed by atoms with Gasteiger partial charge in [0.2, 0.25) is 0 Å². The third-order valence-corrected chi connectivity index (χ3v) is 5.78. The maximum atomic E-state index is 12.9. The Kier molecular flexibility index (Phi) is 6.00. The lowest BCUT2D eigenvalue weighted by Gasteiger charge is -2.14. The summed E-state index contributed by atoms with van der Waals surface area (Å²) in [6.45, 7) is 4.13. The fourth-order valence-corrected chi connectivity index (χ4v) is 4.27. The van der Waals surface area contributed by atoms with Gasteiger partial charge in [-0.3, -0.25) is 14.5 Å². The predicted molar refractivity (Wildman–Crippen MR) is 124 cm³/mol. The summed E-state index contributed by atoms with van der Waals surface area (Å²) in [6, 6.07) is 19.4. The van der Waals surface area contributed by atoms with Gasteiger partial charge in [-0.2, -0.15) is 0 Å². The lowest BCUT2D eigenvalue weighted by Crippen LogP contribution is -2.27. The number of nitrogens with zero attached hydrogens (tertiary/aromatic N) is 1. The first-order valence-electron chi connectivity index (χ1n) is 10.0. The van der Waals surface area contributed by atoms with Crippen LogP contribution in [0, 0.1) is 0 Å². The molecule has 0 aromatic heterocycles. The Morgan fingerprint density at radius 3 is 2.48 bits per heavy atom. The first kappa shape index (κ1) is 21.0. The fraction of sp³-hybridized carbons (Fsp3) is 0.200. The Hall–Kier alpha value is -3.25. The molecule has 3 aromatic carbocycles. The van der Waals surface area contributed by atoms with Crippen LogP contribution < -0.4 is 9.47 Å². The van der Waals surface area contributed by atoms with Gasteiger partial charge in [-0.25, -0.2) is 0 Å². The van der Waals surface area contributed by atoms with Crippen LogP contribution in [0.2, 0.25) is 0 Å². The Morgan fingerprint density at radius 1 is 0.968 bits per heavy atom. The summed E-state index contributed by atoms with van der Waals surface area (Å²) < 4.78 is 11.1. The molecule has 158 valence electrons. The van der Waals surface area contributed by atoms with Gasteiger partial charge in [0.15, 0.2) is 11.5 Å². The lowest BCUT2D eigenvalue weighted by atomic mass is 10.1. The van der Waals surface area contributed by atoms with Crippen molar-refractivity contribution in [3.8, 4) is 11.5 Å². The molecule has 0 atom stereocenters. The molecule has 1 aliphatic rings. The van der Waals surface area contributed by atoms with Gasteiger partial charge in [0, 0.05) is 0 Å². The molecule has 31 heavy (non-hydrogen) atoms. The SMILES string of the molecule is COc1cc(/C=C2\SC(=O)N(Cc3ccc4ccccc4c3)C2=O)ccc1OC(C)C. The van der Waals surface area contributed by atoms with E-state index >= 15 is 0 Å². The van der Waals surface area contributed by atoms with Crippen LogP contribution >= 0.6 is 11.8 Å². The molecular formula is C25H23NO4S. The molecule has 1 saturated heterocycles. The second-order valence-corrected chi connectivity index (χ2v) is 8.52. The minimum Gasteiger partial charge on any atom is -0.493 e. The fourth-order valence-electron chi connectivity index (χ4n) is 3.43. The number of imide groups is 1. The van der Waals surface area contributed by atoms with Crippen LogP contribution in [0.25, 0.3) is 16.8 Å². The van der Waals surface area contributed by atoms with Gasteiger partial charge in [0.05, 0.1) is 24.7 Å². The van der Waals surface area contributed by atoms with Crippen molar-refractivity contribution >= 4 is 39.8 Å². The number of benzene rings is 3. The van der Waals surface area contributed by atoms with E-state index in [-0.39, 0.29) is 23.8 Å². The van der Waals surface area contributed by atoms with Gasteiger partial charge in [-0.1, -0.05) is 42.5 Å². The lowest BCUT2D eigenvalue weighted by molar-refractivity contribution is -0.123. The molecule has 5 nitrogen and oxygen atoms in total. The van der Waals surface area contributed by atoms with Crippen LogP contribution in [-0.2, 0) is 11.3 Å². The van der Waals surface area contributed by atoms with Crippen molar-refractivity contribution in [3.05, 3.63) is 76.7 Å². The third-order valence-electron chi connectivity index (χ3n) is 4.88. The monoisotopic (exact) mass is 433 g/mol. The van der Waals surface area contributed by atoms with E-state index in [0.29, 0.717) is 16.4 Å². The van der Waals surface area contributed by atoms with E-state index in [4.69, 9.17) is 9.47 Å². The van der Waals surface area contributed by atoms with Crippen LogP contribution in [0.1, 0.15) is 25.0 Å². The highest BCUT2D eigenvalue weighted by atomic mass is 32.2. The van der Waals surface area contributed by atoms with Crippen molar-refractivity contribution in [1.29, 1.82) is 0 Å². The highest BCUT2D eigenvalue weighted by Crippen LogP contribution is 2.35. The van der Waals surface area contributed by atoms with E-state index in [1.807, 2.05) is 68.4 Å². The Bertz CT molecular complexity index is 1190. The van der Waals surface area contributed by atoms with E-state index < -0.39 is 0 Å². The minimum absolute atomic E-state index is 0.0198. The van der Waals surface area contributed by atoms with Crippen molar-refractivity contribution in [2.24, 2.45) is 0 Å². The Morgan fingerprint density at radius 2 is 1.74 bits per heavy atom. The van der Waals surface area contributed by atoms with Crippen molar-refractivity contribution in [3.63, 3.8) is 0 Å². The molecule has 1 fully saturated rings. The maximum Gasteiger partial charge on any atom is 0.293 e. The number of rotatable bonds is 6. The smallest absolute Gasteiger partial charge is 0.293 e. The number of hydrogen-bond donors (Lipinski definition) is 0. The van der Waals surface area contributed by atoms with E-state index in [2.05, 4.69) is 0 Å². The molecule has 0 aliphatic carbocycles. The second kappa shape index (κ2) is 8.86. The number of thioether (sulfide) groups is 1. The van der Waals surface area contributed by atoms with Gasteiger partial charge >= 0.3 is 0 Å². The molecule has 6 heteroatoms. The number of methoxy groups -OCH3 is 1. The first-order valence-corrected chi connectivity index (χ1v) is 10.8. The number of fused-ring (bicyclic) bond motifs is 1. The van der Waals surface area contributed by atoms with Crippen LogP contribution in [0.4, 0.5) is 4.79 Å². The molecule has 1 heterocycles. The number of amides is 2. The van der Waals surface area contributed by atoms with Gasteiger partial charge in [-0.15, -0.1) is 0 Å². The van der Waals surface area contributed by atoms with Crippen LogP contribution in [0.3, 0.4) is 0 Å². The van der Waals surface area contributed by atoms with Crippen molar-refractivity contribution in [2.75, 3.05) is 7.11 Å². The van der Waals surface area contributed by atoms with Crippen LogP contribution in [0.5, 0.6) is 11.5 Å².